The molecule has 0 spiro atoms. The average Bonchev–Trinajstić information content (AvgIpc) is 2.39. The molecule has 0 heterocycles. The van der Waals surface area contributed by atoms with Gasteiger partial charge in [-0.1, -0.05) is 15.9 Å². The second-order valence-corrected chi connectivity index (χ2v) is 4.50. The van der Waals surface area contributed by atoms with Crippen LogP contribution in [0.3, 0.4) is 0 Å². The van der Waals surface area contributed by atoms with Gasteiger partial charge in [0, 0.05) is 18.1 Å². The number of benzene rings is 1. The molecule has 2 N–H and O–H groups in total. The van der Waals surface area contributed by atoms with Crippen molar-refractivity contribution in [3.8, 4) is 5.75 Å². The molecule has 104 valence electrons. The lowest BCUT2D eigenvalue weighted by Gasteiger charge is -2.07. The number of phenolic OH excluding ortho intramolecular Hbond substituents is 1. The van der Waals surface area contributed by atoms with E-state index in [9.17, 15) is 14.7 Å². The van der Waals surface area contributed by atoms with Gasteiger partial charge in [0.25, 0.3) is 5.91 Å². The molecule has 1 rings (SSSR count). The largest absolute Gasteiger partial charge is 0.507 e. The van der Waals surface area contributed by atoms with Crippen molar-refractivity contribution in [2.45, 2.75) is 0 Å². The number of ether oxygens (including phenoxy) is 2. The van der Waals surface area contributed by atoms with E-state index in [1.807, 2.05) is 0 Å². The molecule has 0 aliphatic rings. The Labute approximate surface area is 118 Å². The van der Waals surface area contributed by atoms with Crippen molar-refractivity contribution in [1.82, 2.24) is 5.32 Å². The molecule has 0 atom stereocenters. The monoisotopic (exact) mass is 331 g/mol. The summed E-state index contributed by atoms with van der Waals surface area (Å²) in [5.74, 6) is -1.39. The number of nitrogens with one attached hydrogen (secondary N) is 1. The minimum Gasteiger partial charge on any atom is -0.507 e. The number of carbonyl (C=O) groups excluding carboxylic acids is 2. The summed E-state index contributed by atoms with van der Waals surface area (Å²) in [6.07, 6.45) is 0. The van der Waals surface area contributed by atoms with E-state index in [-0.39, 0.29) is 11.3 Å². The van der Waals surface area contributed by atoms with Gasteiger partial charge in [0.05, 0.1) is 6.61 Å². The first-order valence-electron chi connectivity index (χ1n) is 5.46. The maximum Gasteiger partial charge on any atom is 0.342 e. The summed E-state index contributed by atoms with van der Waals surface area (Å²) in [6.45, 7) is 0.315. The Hall–Kier alpha value is -1.60. The predicted octanol–water partition coefficient (Wildman–Crippen LogP) is 1.07. The van der Waals surface area contributed by atoms with E-state index in [1.54, 1.807) is 6.07 Å². The number of halogens is 1. The standard InChI is InChI=1S/C12H14BrNO5/c1-18-5-4-14-11(16)7-19-12(17)9-6-8(13)2-3-10(9)15/h2-3,6,15H,4-5,7H2,1H3,(H,14,16). The first-order chi connectivity index (χ1) is 9.04. The number of carbonyl (C=O) groups is 2. The molecule has 0 saturated heterocycles. The number of hydrogen-bond acceptors (Lipinski definition) is 5. The van der Waals surface area contributed by atoms with Gasteiger partial charge in [-0.3, -0.25) is 4.79 Å². The van der Waals surface area contributed by atoms with Gasteiger partial charge in [-0.05, 0) is 18.2 Å². The lowest BCUT2D eigenvalue weighted by Crippen LogP contribution is -2.31. The van der Waals surface area contributed by atoms with Crippen LogP contribution in [-0.4, -0.2) is 43.9 Å². The Bertz CT molecular complexity index is 463. The van der Waals surface area contributed by atoms with E-state index in [4.69, 9.17) is 9.47 Å². The van der Waals surface area contributed by atoms with E-state index in [2.05, 4.69) is 21.2 Å². The Morgan fingerprint density at radius 1 is 1.42 bits per heavy atom. The van der Waals surface area contributed by atoms with Crippen LogP contribution in [0.1, 0.15) is 10.4 Å². The molecule has 0 aliphatic carbocycles. The van der Waals surface area contributed by atoms with Gasteiger partial charge in [-0.15, -0.1) is 0 Å². The van der Waals surface area contributed by atoms with E-state index in [0.29, 0.717) is 17.6 Å². The van der Waals surface area contributed by atoms with Gasteiger partial charge in [-0.2, -0.15) is 0 Å². The summed E-state index contributed by atoms with van der Waals surface area (Å²) < 4.78 is 10.2. The van der Waals surface area contributed by atoms with Crippen molar-refractivity contribution in [1.29, 1.82) is 0 Å². The van der Waals surface area contributed by atoms with Crippen LogP contribution in [0, 0.1) is 0 Å². The number of hydrogen-bond donors (Lipinski definition) is 2. The summed E-state index contributed by atoms with van der Waals surface area (Å²) in [6, 6.07) is 4.36. The molecule has 6 nitrogen and oxygen atoms in total. The van der Waals surface area contributed by atoms with E-state index in [1.165, 1.54) is 19.2 Å². The quantitative estimate of drug-likeness (QED) is 0.601. The Balaban J connectivity index is 2.47. The van der Waals surface area contributed by atoms with Crippen LogP contribution in [0.4, 0.5) is 0 Å². The first kappa shape index (κ1) is 15.5. The zero-order chi connectivity index (χ0) is 14.3. The molecule has 1 aromatic carbocycles. The molecule has 0 aliphatic heterocycles. The Kier molecular flexibility index (Phi) is 6.31. The summed E-state index contributed by atoms with van der Waals surface area (Å²) in [4.78, 5) is 22.9. The molecule has 0 saturated carbocycles. The second kappa shape index (κ2) is 7.75. The molecule has 7 heteroatoms. The van der Waals surface area contributed by atoms with Gasteiger partial charge in [-0.25, -0.2) is 4.79 Å². The number of aromatic hydroxyl groups is 1. The topological polar surface area (TPSA) is 84.9 Å². The highest BCUT2D eigenvalue weighted by Gasteiger charge is 2.14. The molecular weight excluding hydrogens is 318 g/mol. The van der Waals surface area contributed by atoms with Crippen molar-refractivity contribution in [2.24, 2.45) is 0 Å². The summed E-state index contributed by atoms with van der Waals surface area (Å²) in [5.41, 5.74) is -0.000864. The number of esters is 1. The number of phenols is 1. The molecule has 19 heavy (non-hydrogen) atoms. The summed E-state index contributed by atoms with van der Waals surface area (Å²) in [7, 11) is 1.52. The van der Waals surface area contributed by atoms with Crippen molar-refractivity contribution >= 4 is 27.8 Å². The smallest absolute Gasteiger partial charge is 0.342 e. The highest BCUT2D eigenvalue weighted by molar-refractivity contribution is 9.10. The Morgan fingerprint density at radius 3 is 2.84 bits per heavy atom. The van der Waals surface area contributed by atoms with Gasteiger partial charge >= 0.3 is 5.97 Å². The van der Waals surface area contributed by atoms with Crippen LogP contribution in [0.25, 0.3) is 0 Å². The van der Waals surface area contributed by atoms with E-state index in [0.717, 1.165) is 0 Å². The number of methoxy groups -OCH3 is 1. The van der Waals surface area contributed by atoms with Crippen molar-refractivity contribution in [3.63, 3.8) is 0 Å². The zero-order valence-electron chi connectivity index (χ0n) is 10.3. The van der Waals surface area contributed by atoms with Crippen LogP contribution in [0.2, 0.25) is 0 Å². The summed E-state index contributed by atoms with van der Waals surface area (Å²) >= 11 is 3.17. The van der Waals surface area contributed by atoms with Crippen LogP contribution >= 0.6 is 15.9 Å². The Morgan fingerprint density at radius 2 is 2.16 bits per heavy atom. The maximum atomic E-state index is 11.6. The van der Waals surface area contributed by atoms with Gasteiger partial charge in [0.1, 0.15) is 11.3 Å². The molecule has 0 unspecified atom stereocenters. The minimum atomic E-state index is -0.763. The fourth-order valence-electron chi connectivity index (χ4n) is 1.22. The lowest BCUT2D eigenvalue weighted by atomic mass is 10.2. The lowest BCUT2D eigenvalue weighted by molar-refractivity contribution is -0.124. The van der Waals surface area contributed by atoms with Gasteiger partial charge in [0.2, 0.25) is 0 Å². The predicted molar refractivity (Wildman–Crippen MR) is 71.0 cm³/mol. The summed E-state index contributed by atoms with van der Waals surface area (Å²) in [5, 5.41) is 12.0. The molecule has 0 bridgehead atoms. The third-order valence-corrected chi connectivity index (χ3v) is 2.63. The normalized spacial score (nSPS) is 10.0. The van der Waals surface area contributed by atoms with Crippen molar-refractivity contribution in [2.75, 3.05) is 26.9 Å². The second-order valence-electron chi connectivity index (χ2n) is 3.58. The number of amides is 1. The van der Waals surface area contributed by atoms with E-state index >= 15 is 0 Å². The SMILES string of the molecule is COCCNC(=O)COC(=O)c1cc(Br)ccc1O. The van der Waals surface area contributed by atoms with E-state index < -0.39 is 18.5 Å². The van der Waals surface area contributed by atoms with Crippen molar-refractivity contribution in [3.05, 3.63) is 28.2 Å². The molecule has 1 amide bonds. The highest BCUT2D eigenvalue weighted by atomic mass is 79.9. The fourth-order valence-corrected chi connectivity index (χ4v) is 1.59. The highest BCUT2D eigenvalue weighted by Crippen LogP contribution is 2.22. The fraction of sp³-hybridized carbons (Fsp3) is 0.333. The number of rotatable bonds is 6. The van der Waals surface area contributed by atoms with Crippen LogP contribution in [0.15, 0.2) is 22.7 Å². The van der Waals surface area contributed by atoms with Crippen LogP contribution in [-0.2, 0) is 14.3 Å². The van der Waals surface area contributed by atoms with Crippen LogP contribution < -0.4 is 5.32 Å². The molecule has 0 radical (unpaired) electrons. The molecule has 0 fully saturated rings. The third-order valence-electron chi connectivity index (χ3n) is 2.14. The maximum absolute atomic E-state index is 11.6. The van der Waals surface area contributed by atoms with Gasteiger partial charge in [0.15, 0.2) is 6.61 Å². The van der Waals surface area contributed by atoms with Gasteiger partial charge < -0.3 is 19.9 Å². The van der Waals surface area contributed by atoms with Crippen molar-refractivity contribution < 1.29 is 24.2 Å². The zero-order valence-corrected chi connectivity index (χ0v) is 11.9. The minimum absolute atomic E-state index is 0.000864. The molecule has 1 aromatic rings. The molecule has 0 aromatic heterocycles. The van der Waals surface area contributed by atoms with Crippen LogP contribution in [0.5, 0.6) is 5.75 Å². The molecular formula is C12H14BrNO5. The first-order valence-corrected chi connectivity index (χ1v) is 6.25. The average molecular weight is 332 g/mol. The third kappa shape index (κ3) is 5.27.